The number of fused-ring (bicyclic) bond motifs is 1. The van der Waals surface area contributed by atoms with Gasteiger partial charge in [0, 0.05) is 11.2 Å². The Morgan fingerprint density at radius 3 is 2.82 bits per heavy atom. The monoisotopic (exact) mass is 235 g/mol. The van der Waals surface area contributed by atoms with Gasteiger partial charge in [0.25, 0.3) is 0 Å². The Labute approximate surface area is 102 Å². The van der Waals surface area contributed by atoms with E-state index in [4.69, 9.17) is 0 Å². The molecule has 4 heteroatoms. The molecule has 0 saturated heterocycles. The first-order valence-electron chi connectivity index (χ1n) is 6.29. The Kier molecular flexibility index (Phi) is 3.22. The highest BCUT2D eigenvalue weighted by molar-refractivity contribution is 5.76. The number of hydrogen-bond donors (Lipinski definition) is 1. The topological polar surface area (TPSA) is 46.9 Å². The molecule has 1 aromatic rings. The van der Waals surface area contributed by atoms with Gasteiger partial charge in [-0.15, -0.1) is 0 Å². The number of hydrogen-bond acceptors (Lipinski definition) is 2. The highest BCUT2D eigenvalue weighted by Crippen LogP contribution is 2.19. The van der Waals surface area contributed by atoms with Crippen LogP contribution in [0.15, 0.2) is 6.33 Å². The van der Waals surface area contributed by atoms with Gasteiger partial charge in [-0.2, -0.15) is 0 Å². The molecule has 0 aliphatic heterocycles. The van der Waals surface area contributed by atoms with E-state index in [9.17, 15) is 4.79 Å². The number of amides is 1. The number of aryl methyl sites for hydroxylation is 1. The summed E-state index contributed by atoms with van der Waals surface area (Å²) < 4.78 is 2.00. The number of nitrogens with one attached hydrogen (secondary N) is 1. The van der Waals surface area contributed by atoms with Gasteiger partial charge >= 0.3 is 0 Å². The predicted octanol–water partition coefficient (Wildman–Crippen LogP) is 1.68. The van der Waals surface area contributed by atoms with Crippen LogP contribution in [-0.4, -0.2) is 21.0 Å². The first-order chi connectivity index (χ1) is 7.96. The minimum atomic E-state index is -0.169. The third kappa shape index (κ3) is 3.08. The van der Waals surface area contributed by atoms with Crippen LogP contribution >= 0.6 is 0 Å². The quantitative estimate of drug-likeness (QED) is 0.847. The third-order valence-electron chi connectivity index (χ3n) is 2.94. The maximum atomic E-state index is 11.9. The third-order valence-corrected chi connectivity index (χ3v) is 2.94. The van der Waals surface area contributed by atoms with Gasteiger partial charge in [-0.25, -0.2) is 4.98 Å². The van der Waals surface area contributed by atoms with E-state index in [0.29, 0.717) is 6.54 Å². The summed E-state index contributed by atoms with van der Waals surface area (Å²) in [6.45, 7) is 6.37. The Balaban J connectivity index is 2.04. The average Bonchev–Trinajstić information content (AvgIpc) is 2.59. The molecular formula is C13H21N3O. The molecule has 0 unspecified atom stereocenters. The Bertz CT molecular complexity index is 415. The van der Waals surface area contributed by atoms with Crippen molar-refractivity contribution in [1.82, 2.24) is 14.9 Å². The fraction of sp³-hybridized carbons (Fsp3) is 0.692. The molecule has 94 valence electrons. The number of carbonyl (C=O) groups excluding carboxylic acids is 1. The molecular weight excluding hydrogens is 214 g/mol. The first-order valence-corrected chi connectivity index (χ1v) is 6.29. The molecule has 2 rings (SSSR count). The smallest absolute Gasteiger partial charge is 0.240 e. The van der Waals surface area contributed by atoms with Crippen molar-refractivity contribution in [3.8, 4) is 0 Å². The van der Waals surface area contributed by atoms with Gasteiger partial charge in [0.05, 0.1) is 12.0 Å². The van der Waals surface area contributed by atoms with E-state index in [1.54, 1.807) is 6.33 Å². The number of rotatable bonds is 2. The van der Waals surface area contributed by atoms with Crippen molar-refractivity contribution in [2.45, 2.75) is 58.5 Å². The molecule has 0 saturated carbocycles. The summed E-state index contributed by atoms with van der Waals surface area (Å²) in [4.78, 5) is 16.2. The molecule has 1 heterocycles. The standard InChI is InChI=1S/C13H21N3O/c1-13(2,3)15-12(17)8-16-9-14-10-6-4-5-7-11(10)16/h9H,4-8H2,1-3H3,(H,15,17). The Morgan fingerprint density at radius 2 is 2.12 bits per heavy atom. The number of imidazole rings is 1. The second kappa shape index (κ2) is 4.51. The van der Waals surface area contributed by atoms with E-state index in [-0.39, 0.29) is 11.4 Å². The van der Waals surface area contributed by atoms with Gasteiger partial charge in [-0.05, 0) is 46.5 Å². The maximum absolute atomic E-state index is 11.9. The lowest BCUT2D eigenvalue weighted by molar-refractivity contribution is -0.123. The zero-order chi connectivity index (χ0) is 12.5. The lowest BCUT2D eigenvalue weighted by Gasteiger charge is -2.21. The van der Waals surface area contributed by atoms with Crippen LogP contribution in [0.2, 0.25) is 0 Å². The minimum absolute atomic E-state index is 0.0586. The van der Waals surface area contributed by atoms with Crippen LogP contribution in [0.5, 0.6) is 0 Å². The summed E-state index contributed by atoms with van der Waals surface area (Å²) in [6.07, 6.45) is 6.34. The highest BCUT2D eigenvalue weighted by atomic mass is 16.2. The Hall–Kier alpha value is -1.32. The second-order valence-corrected chi connectivity index (χ2v) is 5.77. The fourth-order valence-corrected chi connectivity index (χ4v) is 2.28. The molecule has 1 aromatic heterocycles. The van der Waals surface area contributed by atoms with E-state index in [0.717, 1.165) is 12.8 Å². The molecule has 4 nitrogen and oxygen atoms in total. The molecule has 1 aliphatic carbocycles. The number of carbonyl (C=O) groups is 1. The molecule has 0 aromatic carbocycles. The molecule has 17 heavy (non-hydrogen) atoms. The Morgan fingerprint density at radius 1 is 1.41 bits per heavy atom. The normalized spacial score (nSPS) is 15.5. The van der Waals surface area contributed by atoms with Crippen molar-refractivity contribution in [1.29, 1.82) is 0 Å². The van der Waals surface area contributed by atoms with Gasteiger partial charge < -0.3 is 9.88 Å². The summed E-state index contributed by atoms with van der Waals surface area (Å²) in [5, 5.41) is 2.98. The van der Waals surface area contributed by atoms with Crippen LogP contribution in [0.3, 0.4) is 0 Å². The number of nitrogens with zero attached hydrogens (tertiary/aromatic N) is 2. The van der Waals surface area contributed by atoms with Crippen molar-refractivity contribution in [2.24, 2.45) is 0 Å². The van der Waals surface area contributed by atoms with Crippen molar-refractivity contribution in [3.05, 3.63) is 17.7 Å². The van der Waals surface area contributed by atoms with Crippen molar-refractivity contribution in [2.75, 3.05) is 0 Å². The summed E-state index contributed by atoms with van der Waals surface area (Å²) in [5.74, 6) is 0.0586. The predicted molar refractivity (Wildman–Crippen MR) is 66.8 cm³/mol. The molecule has 1 amide bonds. The molecule has 0 spiro atoms. The molecule has 0 radical (unpaired) electrons. The second-order valence-electron chi connectivity index (χ2n) is 5.77. The summed E-state index contributed by atoms with van der Waals surface area (Å²) in [7, 11) is 0. The zero-order valence-electron chi connectivity index (χ0n) is 10.9. The van der Waals surface area contributed by atoms with Crippen molar-refractivity contribution >= 4 is 5.91 Å². The van der Waals surface area contributed by atoms with Crippen LogP contribution in [0.1, 0.15) is 45.0 Å². The van der Waals surface area contributed by atoms with Crippen LogP contribution in [0.25, 0.3) is 0 Å². The van der Waals surface area contributed by atoms with E-state index in [1.165, 1.54) is 24.2 Å². The number of aromatic nitrogens is 2. The van der Waals surface area contributed by atoms with E-state index < -0.39 is 0 Å². The lowest BCUT2D eigenvalue weighted by atomic mass is 10.0. The zero-order valence-corrected chi connectivity index (χ0v) is 10.9. The van der Waals surface area contributed by atoms with Crippen LogP contribution in [-0.2, 0) is 24.2 Å². The van der Waals surface area contributed by atoms with Crippen molar-refractivity contribution < 1.29 is 4.79 Å². The van der Waals surface area contributed by atoms with E-state index >= 15 is 0 Å². The van der Waals surface area contributed by atoms with Gasteiger partial charge in [-0.1, -0.05) is 0 Å². The van der Waals surface area contributed by atoms with E-state index in [2.05, 4.69) is 10.3 Å². The minimum Gasteiger partial charge on any atom is -0.350 e. The maximum Gasteiger partial charge on any atom is 0.240 e. The summed E-state index contributed by atoms with van der Waals surface area (Å²) in [5.41, 5.74) is 2.26. The largest absolute Gasteiger partial charge is 0.350 e. The van der Waals surface area contributed by atoms with Crippen LogP contribution in [0.4, 0.5) is 0 Å². The van der Waals surface area contributed by atoms with Gasteiger partial charge in [0.1, 0.15) is 6.54 Å². The molecule has 0 atom stereocenters. The summed E-state index contributed by atoms with van der Waals surface area (Å²) in [6, 6.07) is 0. The lowest BCUT2D eigenvalue weighted by Crippen LogP contribution is -2.42. The van der Waals surface area contributed by atoms with Crippen LogP contribution < -0.4 is 5.32 Å². The molecule has 1 N–H and O–H groups in total. The van der Waals surface area contributed by atoms with Crippen LogP contribution in [0, 0.1) is 0 Å². The SMILES string of the molecule is CC(C)(C)NC(=O)Cn1cnc2c1CCCC2. The average molecular weight is 235 g/mol. The fourth-order valence-electron chi connectivity index (χ4n) is 2.28. The highest BCUT2D eigenvalue weighted by Gasteiger charge is 2.18. The van der Waals surface area contributed by atoms with Crippen molar-refractivity contribution in [3.63, 3.8) is 0 Å². The van der Waals surface area contributed by atoms with Gasteiger partial charge in [0.15, 0.2) is 0 Å². The molecule has 0 bridgehead atoms. The van der Waals surface area contributed by atoms with Gasteiger partial charge in [-0.3, -0.25) is 4.79 Å². The molecule has 1 aliphatic rings. The first kappa shape index (κ1) is 12.1. The van der Waals surface area contributed by atoms with Gasteiger partial charge in [0.2, 0.25) is 5.91 Å². The van der Waals surface area contributed by atoms with E-state index in [1.807, 2.05) is 25.3 Å². The summed E-state index contributed by atoms with van der Waals surface area (Å²) >= 11 is 0. The molecule has 0 fully saturated rings.